The van der Waals surface area contributed by atoms with Gasteiger partial charge in [0, 0.05) is 28.5 Å². The van der Waals surface area contributed by atoms with Crippen LogP contribution in [0.1, 0.15) is 30.0 Å². The van der Waals surface area contributed by atoms with E-state index in [9.17, 15) is 14.4 Å². The van der Waals surface area contributed by atoms with E-state index in [1.165, 1.54) is 0 Å². The maximum absolute atomic E-state index is 12.3. The predicted octanol–water partition coefficient (Wildman–Crippen LogP) is 3.85. The quantitative estimate of drug-likeness (QED) is 0.409. The molecule has 0 saturated carbocycles. The van der Waals surface area contributed by atoms with E-state index in [1.807, 2.05) is 19.9 Å². The molecule has 3 rings (SSSR count). The normalized spacial score (nSPS) is 10.5. The van der Waals surface area contributed by atoms with Gasteiger partial charge in [-0.3, -0.25) is 14.4 Å². The molecule has 0 fully saturated rings. The van der Waals surface area contributed by atoms with Crippen LogP contribution in [0.3, 0.4) is 0 Å². The number of hydrogen-bond acceptors (Lipinski definition) is 5. The molecule has 0 saturated heterocycles. The summed E-state index contributed by atoms with van der Waals surface area (Å²) in [6.07, 6.45) is 1.55. The van der Waals surface area contributed by atoms with Crippen molar-refractivity contribution in [1.82, 2.24) is 5.32 Å². The first-order chi connectivity index (χ1) is 15.4. The average Bonchev–Trinajstić information content (AvgIpc) is 3.30. The number of amides is 3. The van der Waals surface area contributed by atoms with Gasteiger partial charge >= 0.3 is 0 Å². The minimum atomic E-state index is -0.239. The molecule has 0 radical (unpaired) electrons. The van der Waals surface area contributed by atoms with Gasteiger partial charge in [0.15, 0.2) is 0 Å². The van der Waals surface area contributed by atoms with E-state index in [2.05, 4.69) is 21.3 Å². The van der Waals surface area contributed by atoms with Crippen molar-refractivity contribution in [1.29, 1.82) is 0 Å². The summed E-state index contributed by atoms with van der Waals surface area (Å²) in [7, 11) is 0. The van der Waals surface area contributed by atoms with Crippen molar-refractivity contribution in [3.63, 3.8) is 0 Å². The Morgan fingerprint density at radius 3 is 2.31 bits per heavy atom. The van der Waals surface area contributed by atoms with Gasteiger partial charge in [-0.05, 0) is 54.6 Å². The average molecular weight is 434 g/mol. The van der Waals surface area contributed by atoms with Gasteiger partial charge in [0.25, 0.3) is 5.91 Å². The Labute approximate surface area is 186 Å². The van der Waals surface area contributed by atoms with E-state index in [0.717, 1.165) is 0 Å². The van der Waals surface area contributed by atoms with Crippen molar-refractivity contribution in [3.8, 4) is 0 Å². The summed E-state index contributed by atoms with van der Waals surface area (Å²) >= 11 is 0. The molecule has 1 aromatic heterocycles. The highest BCUT2D eigenvalue weighted by Crippen LogP contribution is 2.16. The summed E-state index contributed by atoms with van der Waals surface area (Å²) in [6, 6.07) is 17.3. The first-order valence-corrected chi connectivity index (χ1v) is 10.3. The Kier molecular flexibility index (Phi) is 7.64. The topological polar surface area (TPSA) is 112 Å². The van der Waals surface area contributed by atoms with Crippen molar-refractivity contribution in [2.75, 3.05) is 22.5 Å². The third kappa shape index (κ3) is 6.73. The van der Waals surface area contributed by atoms with Crippen LogP contribution in [0, 0.1) is 5.92 Å². The zero-order valence-electron chi connectivity index (χ0n) is 18.0. The Hall–Kier alpha value is -4.07. The molecular formula is C24H26N4O4. The van der Waals surface area contributed by atoms with Gasteiger partial charge in [-0.25, -0.2) is 0 Å². The molecule has 0 unspecified atom stereocenters. The minimum absolute atomic E-state index is 0.0486. The van der Waals surface area contributed by atoms with Gasteiger partial charge < -0.3 is 25.7 Å². The van der Waals surface area contributed by atoms with Gasteiger partial charge in [-0.2, -0.15) is 0 Å². The van der Waals surface area contributed by atoms with E-state index in [1.54, 1.807) is 60.9 Å². The third-order valence-corrected chi connectivity index (χ3v) is 4.54. The lowest BCUT2D eigenvalue weighted by molar-refractivity contribution is -0.119. The number of hydrogen-bond donors (Lipinski definition) is 4. The largest absolute Gasteiger partial charge is 0.467 e. The van der Waals surface area contributed by atoms with E-state index >= 15 is 0 Å². The molecule has 2 aromatic carbocycles. The molecule has 0 aliphatic carbocycles. The summed E-state index contributed by atoms with van der Waals surface area (Å²) in [5.74, 6) is 0.00782. The van der Waals surface area contributed by atoms with Crippen LogP contribution in [-0.2, 0) is 16.1 Å². The molecule has 1 heterocycles. The summed E-state index contributed by atoms with van der Waals surface area (Å²) in [5, 5.41) is 11.4. The molecule has 8 heteroatoms. The Morgan fingerprint density at radius 1 is 0.875 bits per heavy atom. The van der Waals surface area contributed by atoms with E-state index < -0.39 is 0 Å². The van der Waals surface area contributed by atoms with E-state index in [0.29, 0.717) is 34.9 Å². The van der Waals surface area contributed by atoms with Gasteiger partial charge in [0.05, 0.1) is 19.4 Å². The SMILES string of the molecule is CC(C)C(=O)Nc1cccc(NCC(=O)Nc2ccc(C(=O)NCc3ccco3)cc2)c1. The zero-order valence-corrected chi connectivity index (χ0v) is 18.0. The summed E-state index contributed by atoms with van der Waals surface area (Å²) < 4.78 is 5.18. The van der Waals surface area contributed by atoms with Gasteiger partial charge in [0.1, 0.15) is 5.76 Å². The fourth-order valence-electron chi connectivity index (χ4n) is 2.77. The molecular weight excluding hydrogens is 408 g/mol. The highest BCUT2D eigenvalue weighted by Gasteiger charge is 2.09. The summed E-state index contributed by atoms with van der Waals surface area (Å²) in [5.41, 5.74) is 2.44. The van der Waals surface area contributed by atoms with Crippen LogP contribution < -0.4 is 21.3 Å². The maximum Gasteiger partial charge on any atom is 0.251 e. The van der Waals surface area contributed by atoms with Gasteiger partial charge in [-0.15, -0.1) is 0 Å². The zero-order chi connectivity index (χ0) is 22.9. The summed E-state index contributed by atoms with van der Waals surface area (Å²) in [6.45, 7) is 3.99. The smallest absolute Gasteiger partial charge is 0.251 e. The first-order valence-electron chi connectivity index (χ1n) is 10.3. The van der Waals surface area contributed by atoms with Crippen LogP contribution in [0.2, 0.25) is 0 Å². The van der Waals surface area contributed by atoms with Crippen LogP contribution in [0.15, 0.2) is 71.3 Å². The van der Waals surface area contributed by atoms with E-state index in [4.69, 9.17) is 4.42 Å². The van der Waals surface area contributed by atoms with Crippen LogP contribution in [0.5, 0.6) is 0 Å². The maximum atomic E-state index is 12.3. The molecule has 0 spiro atoms. The lowest BCUT2D eigenvalue weighted by Gasteiger charge is -2.11. The Morgan fingerprint density at radius 2 is 1.62 bits per heavy atom. The van der Waals surface area contributed by atoms with Crippen molar-refractivity contribution in [2.24, 2.45) is 5.92 Å². The van der Waals surface area contributed by atoms with Crippen LogP contribution in [0.25, 0.3) is 0 Å². The second-order valence-electron chi connectivity index (χ2n) is 7.47. The number of benzene rings is 2. The Balaban J connectivity index is 1.46. The molecule has 0 aliphatic heterocycles. The van der Waals surface area contributed by atoms with Gasteiger partial charge in [0.2, 0.25) is 11.8 Å². The molecule has 8 nitrogen and oxygen atoms in total. The summed E-state index contributed by atoms with van der Waals surface area (Å²) in [4.78, 5) is 36.3. The fourth-order valence-corrected chi connectivity index (χ4v) is 2.77. The number of furan rings is 1. The van der Waals surface area contributed by atoms with Crippen LogP contribution in [0.4, 0.5) is 17.1 Å². The molecule has 0 bridgehead atoms. The van der Waals surface area contributed by atoms with Crippen LogP contribution >= 0.6 is 0 Å². The lowest BCUT2D eigenvalue weighted by atomic mass is 10.2. The highest BCUT2D eigenvalue weighted by atomic mass is 16.3. The third-order valence-electron chi connectivity index (χ3n) is 4.54. The first kappa shape index (κ1) is 22.6. The van der Waals surface area contributed by atoms with Gasteiger partial charge in [-0.1, -0.05) is 19.9 Å². The highest BCUT2D eigenvalue weighted by molar-refractivity contribution is 5.97. The number of carbonyl (C=O) groups excluding carboxylic acids is 3. The van der Waals surface area contributed by atoms with Crippen LogP contribution in [-0.4, -0.2) is 24.3 Å². The second kappa shape index (κ2) is 10.8. The van der Waals surface area contributed by atoms with Crippen molar-refractivity contribution < 1.29 is 18.8 Å². The minimum Gasteiger partial charge on any atom is -0.467 e. The molecule has 0 atom stereocenters. The number of anilines is 3. The number of rotatable bonds is 9. The molecule has 0 aliphatic rings. The molecule has 32 heavy (non-hydrogen) atoms. The van der Waals surface area contributed by atoms with Crippen molar-refractivity contribution in [2.45, 2.75) is 20.4 Å². The lowest BCUT2D eigenvalue weighted by Crippen LogP contribution is -2.23. The Bertz CT molecular complexity index is 1060. The van der Waals surface area contributed by atoms with Crippen molar-refractivity contribution in [3.05, 3.63) is 78.3 Å². The standard InChI is InChI=1S/C24H26N4O4/c1-16(2)23(30)28-20-6-3-5-19(13-20)25-15-22(29)27-18-10-8-17(9-11-18)24(31)26-14-21-7-4-12-32-21/h3-13,16,25H,14-15H2,1-2H3,(H,26,31)(H,27,29)(H,28,30). The molecule has 4 N–H and O–H groups in total. The monoisotopic (exact) mass is 434 g/mol. The molecule has 3 aromatic rings. The second-order valence-corrected chi connectivity index (χ2v) is 7.47. The molecule has 166 valence electrons. The fraction of sp³-hybridized carbons (Fsp3) is 0.208. The number of nitrogens with one attached hydrogen (secondary N) is 4. The predicted molar refractivity (Wildman–Crippen MR) is 123 cm³/mol. The van der Waals surface area contributed by atoms with Crippen molar-refractivity contribution >= 4 is 34.8 Å². The van der Waals surface area contributed by atoms with E-state index in [-0.39, 0.29) is 30.2 Å². The molecule has 3 amide bonds. The number of carbonyl (C=O) groups is 3.